The van der Waals surface area contributed by atoms with Crippen molar-refractivity contribution in [1.82, 2.24) is 40.0 Å². The average Bonchev–Trinajstić information content (AvgIpc) is 3.68. The van der Waals surface area contributed by atoms with Crippen LogP contribution in [0.15, 0.2) is 67.1 Å². The molecule has 1 saturated heterocycles. The van der Waals surface area contributed by atoms with E-state index in [1.54, 1.807) is 22.0 Å². The van der Waals surface area contributed by atoms with E-state index >= 15 is 0 Å². The van der Waals surface area contributed by atoms with Crippen molar-refractivity contribution in [2.75, 3.05) is 19.6 Å². The van der Waals surface area contributed by atoms with Gasteiger partial charge in [0, 0.05) is 61.0 Å². The second-order valence-corrected chi connectivity index (χ2v) is 10.6. The van der Waals surface area contributed by atoms with Gasteiger partial charge < -0.3 is 4.90 Å². The van der Waals surface area contributed by atoms with Gasteiger partial charge in [0.05, 0.1) is 29.1 Å². The van der Waals surface area contributed by atoms with Crippen LogP contribution in [0.5, 0.6) is 0 Å². The second-order valence-electron chi connectivity index (χ2n) is 10.6. The standard InChI is InChI=1S/C31H32F2N8O/c1-3-39(4-2)31(42)29-11-8-21(17-40(29)18-24-25(32)6-5-7-26(24)33)28-19-41(38-36-28)22-9-10-27-23(16-22)30(37-35-27)20-12-14-34-15-13-20/h5-7,9-10,12-16,19,21,29H,3-4,8,11,17-18H2,1-2H3,(H,35,37)/t21-,29+/m1/s1. The van der Waals surface area contributed by atoms with Crippen LogP contribution in [0.25, 0.3) is 27.8 Å². The van der Waals surface area contributed by atoms with Crippen molar-refractivity contribution in [3.8, 4) is 16.9 Å². The van der Waals surface area contributed by atoms with Crippen LogP contribution in [0.3, 0.4) is 0 Å². The molecular weight excluding hydrogens is 538 g/mol. The number of piperidine rings is 1. The number of nitrogens with zero attached hydrogens (tertiary/aromatic N) is 7. The molecule has 3 aromatic heterocycles. The summed E-state index contributed by atoms with van der Waals surface area (Å²) in [5.41, 5.74) is 4.24. The Morgan fingerprint density at radius 3 is 2.55 bits per heavy atom. The summed E-state index contributed by atoms with van der Waals surface area (Å²) >= 11 is 0. The molecule has 0 bridgehead atoms. The minimum Gasteiger partial charge on any atom is -0.342 e. The lowest BCUT2D eigenvalue weighted by atomic mass is 9.89. The van der Waals surface area contributed by atoms with Crippen molar-refractivity contribution in [3.05, 3.63) is 90.0 Å². The van der Waals surface area contributed by atoms with Crippen LogP contribution in [0, 0.1) is 11.6 Å². The molecule has 0 saturated carbocycles. The van der Waals surface area contributed by atoms with Gasteiger partial charge in [0.25, 0.3) is 0 Å². The van der Waals surface area contributed by atoms with Gasteiger partial charge in [-0.25, -0.2) is 13.5 Å². The summed E-state index contributed by atoms with van der Waals surface area (Å²) in [7, 11) is 0. The predicted octanol–water partition coefficient (Wildman–Crippen LogP) is 5.10. The molecule has 11 heteroatoms. The van der Waals surface area contributed by atoms with Gasteiger partial charge in [0.15, 0.2) is 0 Å². The molecule has 1 N–H and O–H groups in total. The molecule has 2 aromatic carbocycles. The summed E-state index contributed by atoms with van der Waals surface area (Å²) in [5, 5.41) is 17.4. The van der Waals surface area contributed by atoms with Crippen LogP contribution < -0.4 is 0 Å². The van der Waals surface area contributed by atoms with E-state index in [1.807, 2.05) is 55.3 Å². The molecular formula is C31H32F2N8O. The zero-order valence-electron chi connectivity index (χ0n) is 23.5. The van der Waals surface area contributed by atoms with E-state index < -0.39 is 17.7 Å². The van der Waals surface area contributed by atoms with Crippen molar-refractivity contribution in [2.45, 2.75) is 45.2 Å². The molecule has 0 aliphatic carbocycles. The molecule has 42 heavy (non-hydrogen) atoms. The molecule has 0 spiro atoms. The third-order valence-electron chi connectivity index (χ3n) is 8.16. The number of pyridine rings is 1. The maximum atomic E-state index is 14.7. The number of hydrogen-bond acceptors (Lipinski definition) is 6. The van der Waals surface area contributed by atoms with E-state index in [0.717, 1.165) is 33.5 Å². The molecule has 1 aliphatic heterocycles. The second kappa shape index (κ2) is 11.8. The molecule has 6 rings (SSSR count). The molecule has 0 radical (unpaired) electrons. The molecule has 4 heterocycles. The minimum atomic E-state index is -0.613. The highest BCUT2D eigenvalue weighted by molar-refractivity contribution is 5.94. The molecule has 0 unspecified atom stereocenters. The van der Waals surface area contributed by atoms with E-state index in [1.165, 1.54) is 18.2 Å². The fourth-order valence-electron chi connectivity index (χ4n) is 5.84. The van der Waals surface area contributed by atoms with Gasteiger partial charge in [0.1, 0.15) is 17.3 Å². The Morgan fingerprint density at radius 1 is 1.05 bits per heavy atom. The Kier molecular flexibility index (Phi) is 7.75. The summed E-state index contributed by atoms with van der Waals surface area (Å²) in [6.07, 6.45) is 6.63. The van der Waals surface area contributed by atoms with Crippen LogP contribution >= 0.6 is 0 Å². The van der Waals surface area contributed by atoms with Crippen LogP contribution in [0.2, 0.25) is 0 Å². The summed E-state index contributed by atoms with van der Waals surface area (Å²) < 4.78 is 31.1. The average molecular weight is 571 g/mol. The number of H-pyrrole nitrogens is 1. The maximum absolute atomic E-state index is 14.7. The lowest BCUT2D eigenvalue weighted by Gasteiger charge is -2.40. The van der Waals surface area contributed by atoms with Crippen molar-refractivity contribution in [3.63, 3.8) is 0 Å². The summed E-state index contributed by atoms with van der Waals surface area (Å²) in [6, 6.07) is 13.1. The maximum Gasteiger partial charge on any atom is 0.239 e. The molecule has 1 fully saturated rings. The fourth-order valence-corrected chi connectivity index (χ4v) is 5.84. The number of hydrogen-bond donors (Lipinski definition) is 1. The zero-order valence-corrected chi connectivity index (χ0v) is 23.5. The zero-order chi connectivity index (χ0) is 29.2. The number of nitrogens with one attached hydrogen (secondary N) is 1. The molecule has 9 nitrogen and oxygen atoms in total. The number of halogens is 2. The predicted molar refractivity (Wildman–Crippen MR) is 155 cm³/mol. The normalized spacial score (nSPS) is 17.5. The highest BCUT2D eigenvalue weighted by Crippen LogP contribution is 2.33. The summed E-state index contributed by atoms with van der Waals surface area (Å²) in [5.74, 6) is -1.30. The van der Waals surface area contributed by atoms with Crippen LogP contribution in [0.4, 0.5) is 8.78 Å². The van der Waals surface area contributed by atoms with Crippen LogP contribution in [-0.2, 0) is 11.3 Å². The number of benzene rings is 2. The Hall–Kier alpha value is -4.51. The van der Waals surface area contributed by atoms with Crippen molar-refractivity contribution in [1.29, 1.82) is 0 Å². The number of likely N-dealkylation sites (N-methyl/N-ethyl adjacent to an activating group) is 1. The third-order valence-corrected chi connectivity index (χ3v) is 8.16. The Balaban J connectivity index is 1.28. The van der Waals surface area contributed by atoms with E-state index in [0.29, 0.717) is 32.5 Å². The molecule has 1 amide bonds. The summed E-state index contributed by atoms with van der Waals surface area (Å²) in [4.78, 5) is 21.2. The Morgan fingerprint density at radius 2 is 1.81 bits per heavy atom. The van der Waals surface area contributed by atoms with E-state index in [2.05, 4.69) is 25.5 Å². The van der Waals surface area contributed by atoms with Gasteiger partial charge in [-0.05, 0) is 69.2 Å². The lowest BCUT2D eigenvalue weighted by molar-refractivity contribution is -0.138. The smallest absolute Gasteiger partial charge is 0.239 e. The van der Waals surface area contributed by atoms with Crippen molar-refractivity contribution < 1.29 is 13.6 Å². The fraction of sp³-hybridized carbons (Fsp3) is 0.323. The number of aromatic amines is 1. The van der Waals surface area contributed by atoms with E-state index in [4.69, 9.17) is 0 Å². The number of carbonyl (C=O) groups is 1. The van der Waals surface area contributed by atoms with E-state index in [9.17, 15) is 13.6 Å². The highest BCUT2D eigenvalue weighted by atomic mass is 19.1. The van der Waals surface area contributed by atoms with Gasteiger partial charge in [-0.3, -0.25) is 19.8 Å². The monoisotopic (exact) mass is 570 g/mol. The largest absolute Gasteiger partial charge is 0.342 e. The first-order valence-corrected chi connectivity index (χ1v) is 14.2. The lowest BCUT2D eigenvalue weighted by Crippen LogP contribution is -2.52. The number of rotatable bonds is 8. The molecule has 2 atom stereocenters. The SMILES string of the molecule is CCN(CC)C(=O)[C@@H]1CC[C@@H](c2cn(-c3ccc4[nH]nc(-c5ccncc5)c4c3)nn2)CN1Cc1c(F)cccc1F. The number of fused-ring (bicyclic) bond motifs is 1. The van der Waals surface area contributed by atoms with Crippen LogP contribution in [0.1, 0.15) is 43.9 Å². The summed E-state index contributed by atoms with van der Waals surface area (Å²) in [6.45, 7) is 5.46. The van der Waals surface area contributed by atoms with Crippen molar-refractivity contribution in [2.24, 2.45) is 0 Å². The van der Waals surface area contributed by atoms with Crippen molar-refractivity contribution >= 4 is 16.8 Å². The third kappa shape index (κ3) is 5.27. The number of carbonyl (C=O) groups excluding carboxylic acids is 1. The first kappa shape index (κ1) is 27.6. The van der Waals surface area contributed by atoms with Gasteiger partial charge >= 0.3 is 0 Å². The first-order valence-electron chi connectivity index (χ1n) is 14.2. The van der Waals surface area contributed by atoms with Gasteiger partial charge in [-0.1, -0.05) is 11.3 Å². The van der Waals surface area contributed by atoms with Gasteiger partial charge in [-0.2, -0.15) is 5.10 Å². The molecule has 1 aliphatic rings. The Labute approximate surface area is 242 Å². The van der Waals surface area contributed by atoms with Gasteiger partial charge in [-0.15, -0.1) is 5.10 Å². The number of aromatic nitrogens is 6. The van der Waals surface area contributed by atoms with E-state index in [-0.39, 0.29) is 23.9 Å². The topological polar surface area (TPSA) is 95.8 Å². The van der Waals surface area contributed by atoms with Gasteiger partial charge in [0.2, 0.25) is 5.91 Å². The first-order chi connectivity index (χ1) is 20.5. The molecule has 216 valence electrons. The highest BCUT2D eigenvalue weighted by Gasteiger charge is 2.37. The minimum absolute atomic E-state index is 0.00421. The molecule has 5 aromatic rings. The Bertz CT molecular complexity index is 1680. The number of likely N-dealkylation sites (tertiary alicyclic amines) is 1. The number of amides is 1. The quantitative estimate of drug-likeness (QED) is 0.279. The van der Waals surface area contributed by atoms with Crippen LogP contribution in [-0.4, -0.2) is 71.6 Å².